The number of carbonyl (C=O) groups is 1. The first-order valence-electron chi connectivity index (χ1n) is 7.89. The van der Waals surface area contributed by atoms with Crippen molar-refractivity contribution >= 4 is 5.91 Å². The van der Waals surface area contributed by atoms with Crippen molar-refractivity contribution in [2.45, 2.75) is 46.6 Å². The summed E-state index contributed by atoms with van der Waals surface area (Å²) in [7, 11) is 0. The average Bonchev–Trinajstić information content (AvgIpc) is 2.71. The van der Waals surface area contributed by atoms with E-state index in [0.29, 0.717) is 12.1 Å². The summed E-state index contributed by atoms with van der Waals surface area (Å²) in [6.07, 6.45) is 1.83. The summed E-state index contributed by atoms with van der Waals surface area (Å²) >= 11 is 0. The molecular weight excluding hydrogens is 284 g/mol. The van der Waals surface area contributed by atoms with Gasteiger partial charge in [-0.1, -0.05) is 51.1 Å². The second-order valence-corrected chi connectivity index (χ2v) is 7.01. The minimum absolute atomic E-state index is 0.102. The van der Waals surface area contributed by atoms with Crippen molar-refractivity contribution in [1.82, 2.24) is 4.57 Å². The van der Waals surface area contributed by atoms with E-state index in [2.05, 4.69) is 56.2 Å². The lowest BCUT2D eigenvalue weighted by Crippen LogP contribution is -2.13. The van der Waals surface area contributed by atoms with Crippen LogP contribution in [0.2, 0.25) is 0 Å². The van der Waals surface area contributed by atoms with Gasteiger partial charge in [-0.2, -0.15) is 0 Å². The predicted octanol–water partition coefficient (Wildman–Crippen LogP) is 4.35. The molecular formula is C20H26N2O. The molecule has 0 aliphatic heterocycles. The lowest BCUT2D eigenvalue weighted by atomic mass is 9.86. The van der Waals surface area contributed by atoms with E-state index >= 15 is 0 Å². The molecule has 1 amide bonds. The highest BCUT2D eigenvalue weighted by Crippen LogP contribution is 2.33. The van der Waals surface area contributed by atoms with Crippen LogP contribution in [0.4, 0.5) is 0 Å². The zero-order valence-corrected chi connectivity index (χ0v) is 14.7. The quantitative estimate of drug-likeness (QED) is 0.838. The molecule has 0 fully saturated rings. The Bertz CT molecular complexity index is 743. The number of carbonyl (C=O) groups excluding carboxylic acids is 1. The molecule has 23 heavy (non-hydrogen) atoms. The summed E-state index contributed by atoms with van der Waals surface area (Å²) in [5.74, 6) is -0.386. The summed E-state index contributed by atoms with van der Waals surface area (Å²) in [4.78, 5) is 12.0. The first-order chi connectivity index (χ1) is 10.7. The van der Waals surface area contributed by atoms with E-state index < -0.39 is 0 Å². The van der Waals surface area contributed by atoms with Crippen molar-refractivity contribution in [3.05, 3.63) is 59.4 Å². The van der Waals surface area contributed by atoms with Gasteiger partial charge < -0.3 is 10.3 Å². The van der Waals surface area contributed by atoms with Gasteiger partial charge in [0.1, 0.15) is 0 Å². The standard InChI is InChI=1S/C20H26N2O/c1-7-12-22-13(2)17(18(14(22)3)19(21)23)15-8-10-16(11-9-15)20(4,5)6/h7-11H,1,12H2,2-6H3,(H2,21,23). The van der Waals surface area contributed by atoms with Gasteiger partial charge in [-0.15, -0.1) is 6.58 Å². The van der Waals surface area contributed by atoms with Crippen LogP contribution in [0.25, 0.3) is 11.1 Å². The number of hydrogen-bond acceptors (Lipinski definition) is 1. The van der Waals surface area contributed by atoms with Gasteiger partial charge in [-0.05, 0) is 30.4 Å². The topological polar surface area (TPSA) is 48.0 Å². The Morgan fingerprint density at radius 3 is 2.17 bits per heavy atom. The van der Waals surface area contributed by atoms with Gasteiger partial charge >= 0.3 is 0 Å². The number of nitrogens with zero attached hydrogens (tertiary/aromatic N) is 1. The highest BCUT2D eigenvalue weighted by Gasteiger charge is 2.22. The number of primary amides is 1. The van der Waals surface area contributed by atoms with Gasteiger partial charge in [0.05, 0.1) is 5.56 Å². The second-order valence-electron chi connectivity index (χ2n) is 7.01. The number of rotatable bonds is 4. The first-order valence-corrected chi connectivity index (χ1v) is 7.89. The zero-order chi connectivity index (χ0) is 17.4. The van der Waals surface area contributed by atoms with Gasteiger partial charge in [-0.25, -0.2) is 0 Å². The van der Waals surface area contributed by atoms with E-state index in [1.54, 1.807) is 0 Å². The lowest BCUT2D eigenvalue weighted by molar-refractivity contribution is 0.1000. The molecule has 0 saturated carbocycles. The van der Waals surface area contributed by atoms with Crippen LogP contribution in [0, 0.1) is 13.8 Å². The summed E-state index contributed by atoms with van der Waals surface area (Å²) in [5.41, 5.74) is 11.5. The number of benzene rings is 1. The van der Waals surface area contributed by atoms with E-state index in [4.69, 9.17) is 5.73 Å². The van der Waals surface area contributed by atoms with Crippen molar-refractivity contribution < 1.29 is 4.79 Å². The van der Waals surface area contributed by atoms with Crippen LogP contribution < -0.4 is 5.73 Å². The highest BCUT2D eigenvalue weighted by atomic mass is 16.1. The Morgan fingerprint density at radius 1 is 1.17 bits per heavy atom. The molecule has 0 unspecified atom stereocenters. The molecule has 1 aromatic carbocycles. The Kier molecular flexibility index (Phi) is 4.51. The zero-order valence-electron chi connectivity index (χ0n) is 14.7. The number of amides is 1. The molecule has 0 bridgehead atoms. The fraction of sp³-hybridized carbons (Fsp3) is 0.350. The summed E-state index contributed by atoms with van der Waals surface area (Å²) in [6.45, 7) is 15.0. The summed E-state index contributed by atoms with van der Waals surface area (Å²) < 4.78 is 2.08. The fourth-order valence-electron chi connectivity index (χ4n) is 3.08. The minimum Gasteiger partial charge on any atom is -0.366 e. The van der Waals surface area contributed by atoms with Gasteiger partial charge in [-0.3, -0.25) is 4.79 Å². The fourth-order valence-corrected chi connectivity index (χ4v) is 3.08. The maximum Gasteiger partial charge on any atom is 0.251 e. The normalized spacial score (nSPS) is 11.5. The summed E-state index contributed by atoms with van der Waals surface area (Å²) in [5, 5.41) is 0. The first kappa shape index (κ1) is 17.1. The molecule has 0 aliphatic rings. The van der Waals surface area contributed by atoms with Crippen molar-refractivity contribution in [3.63, 3.8) is 0 Å². The van der Waals surface area contributed by atoms with E-state index in [1.807, 2.05) is 19.9 Å². The Balaban J connectivity index is 2.65. The molecule has 0 radical (unpaired) electrons. The molecule has 0 saturated heterocycles. The molecule has 1 aromatic heterocycles. The van der Waals surface area contributed by atoms with Crippen LogP contribution in [0.3, 0.4) is 0 Å². The van der Waals surface area contributed by atoms with Crippen LogP contribution in [0.5, 0.6) is 0 Å². The molecule has 122 valence electrons. The van der Waals surface area contributed by atoms with Crippen LogP contribution in [-0.2, 0) is 12.0 Å². The summed E-state index contributed by atoms with van der Waals surface area (Å²) in [6, 6.07) is 8.40. The molecule has 1 heterocycles. The molecule has 2 N–H and O–H groups in total. The Hall–Kier alpha value is -2.29. The molecule has 0 atom stereocenters. The smallest absolute Gasteiger partial charge is 0.251 e. The van der Waals surface area contributed by atoms with E-state index in [1.165, 1.54) is 5.56 Å². The molecule has 3 nitrogen and oxygen atoms in total. The second kappa shape index (κ2) is 6.07. The third kappa shape index (κ3) is 3.09. The van der Waals surface area contributed by atoms with Crippen molar-refractivity contribution in [1.29, 1.82) is 0 Å². The van der Waals surface area contributed by atoms with Gasteiger partial charge in [0.15, 0.2) is 0 Å². The van der Waals surface area contributed by atoms with Crippen molar-refractivity contribution in [3.8, 4) is 11.1 Å². The van der Waals surface area contributed by atoms with Crippen LogP contribution in [0.1, 0.15) is 48.1 Å². The highest BCUT2D eigenvalue weighted by molar-refractivity contribution is 6.02. The Morgan fingerprint density at radius 2 is 1.74 bits per heavy atom. The monoisotopic (exact) mass is 310 g/mol. The van der Waals surface area contributed by atoms with Crippen molar-refractivity contribution in [2.75, 3.05) is 0 Å². The molecule has 2 aromatic rings. The maximum atomic E-state index is 12.0. The van der Waals surface area contributed by atoms with Crippen molar-refractivity contribution in [2.24, 2.45) is 5.73 Å². The van der Waals surface area contributed by atoms with Gasteiger partial charge in [0, 0.05) is 23.5 Å². The number of nitrogens with two attached hydrogens (primary N) is 1. The molecule has 3 heteroatoms. The van der Waals surface area contributed by atoms with E-state index in [9.17, 15) is 4.79 Å². The predicted molar refractivity (Wildman–Crippen MR) is 96.8 cm³/mol. The molecule has 0 aliphatic carbocycles. The largest absolute Gasteiger partial charge is 0.366 e. The third-order valence-corrected chi connectivity index (χ3v) is 4.38. The number of hydrogen-bond donors (Lipinski definition) is 1. The number of aromatic nitrogens is 1. The van der Waals surface area contributed by atoms with E-state index in [0.717, 1.165) is 22.5 Å². The van der Waals surface area contributed by atoms with Crippen LogP contribution >= 0.6 is 0 Å². The van der Waals surface area contributed by atoms with Gasteiger partial charge in [0.2, 0.25) is 0 Å². The Labute approximate surface area is 138 Å². The van der Waals surface area contributed by atoms with E-state index in [-0.39, 0.29) is 11.3 Å². The minimum atomic E-state index is -0.386. The average molecular weight is 310 g/mol. The third-order valence-electron chi connectivity index (χ3n) is 4.38. The van der Waals surface area contributed by atoms with Crippen LogP contribution in [-0.4, -0.2) is 10.5 Å². The lowest BCUT2D eigenvalue weighted by Gasteiger charge is -2.19. The van der Waals surface area contributed by atoms with Crippen LogP contribution in [0.15, 0.2) is 36.9 Å². The van der Waals surface area contributed by atoms with Gasteiger partial charge in [0.25, 0.3) is 5.91 Å². The maximum absolute atomic E-state index is 12.0. The molecule has 0 spiro atoms. The molecule has 2 rings (SSSR count). The number of allylic oxidation sites excluding steroid dienone is 1. The SMILES string of the molecule is C=CCn1c(C)c(C(N)=O)c(-c2ccc(C(C)(C)C)cc2)c1C.